The molecule has 0 spiro atoms. The van der Waals surface area contributed by atoms with Crippen molar-refractivity contribution in [2.75, 3.05) is 31.5 Å². The third-order valence-electron chi connectivity index (χ3n) is 6.48. The van der Waals surface area contributed by atoms with Crippen molar-refractivity contribution in [3.63, 3.8) is 0 Å². The van der Waals surface area contributed by atoms with Crippen molar-refractivity contribution < 1.29 is 23.8 Å². The Morgan fingerprint density at radius 2 is 1.67 bits per heavy atom. The molecule has 1 heterocycles. The van der Waals surface area contributed by atoms with Gasteiger partial charge in [0.25, 0.3) is 0 Å². The summed E-state index contributed by atoms with van der Waals surface area (Å²) in [7, 11) is 4.73. The van der Waals surface area contributed by atoms with Gasteiger partial charge in [0.1, 0.15) is 5.75 Å². The predicted octanol–water partition coefficient (Wildman–Crippen LogP) is 5.91. The molecule has 188 valence electrons. The Morgan fingerprint density at radius 3 is 2.31 bits per heavy atom. The van der Waals surface area contributed by atoms with Gasteiger partial charge in [-0.15, -0.1) is 0 Å². The van der Waals surface area contributed by atoms with Crippen LogP contribution in [0.2, 0.25) is 0 Å². The molecule has 0 saturated carbocycles. The Bertz CT molecular complexity index is 1260. The lowest BCUT2D eigenvalue weighted by molar-refractivity contribution is -0.125. The molecule has 0 aliphatic carbocycles. The molecule has 0 unspecified atom stereocenters. The Hall–Kier alpha value is -3.52. The second-order valence-corrected chi connectivity index (χ2v) is 9.53. The molecule has 1 fully saturated rings. The molecule has 4 rings (SSSR count). The van der Waals surface area contributed by atoms with Crippen LogP contribution in [0.4, 0.5) is 11.4 Å². The third-order valence-corrected chi connectivity index (χ3v) is 6.97. The maximum Gasteiger partial charge on any atom is 0.229 e. The number of hydrogen-bond acceptors (Lipinski definition) is 5. The number of methoxy groups -OCH3 is 3. The van der Waals surface area contributed by atoms with E-state index >= 15 is 0 Å². The first-order valence-electron chi connectivity index (χ1n) is 11.6. The van der Waals surface area contributed by atoms with Gasteiger partial charge in [-0.25, -0.2) is 0 Å². The summed E-state index contributed by atoms with van der Waals surface area (Å²) in [6.45, 7) is 1.94. The second kappa shape index (κ2) is 11.0. The Labute approximate surface area is 219 Å². The fourth-order valence-corrected chi connectivity index (χ4v) is 5.10. The van der Waals surface area contributed by atoms with E-state index < -0.39 is 12.0 Å². The number of ether oxygens (including phenoxy) is 3. The molecular weight excluding hydrogens is 524 g/mol. The van der Waals surface area contributed by atoms with E-state index in [1.807, 2.05) is 61.5 Å². The number of anilines is 2. The molecule has 2 amide bonds. The lowest BCUT2D eigenvalue weighted by Gasteiger charge is -2.41. The number of rotatable bonds is 7. The van der Waals surface area contributed by atoms with Crippen molar-refractivity contribution in [1.82, 2.24) is 0 Å². The highest BCUT2D eigenvalue weighted by Crippen LogP contribution is 2.43. The van der Waals surface area contributed by atoms with Crippen molar-refractivity contribution in [2.24, 2.45) is 5.92 Å². The first-order chi connectivity index (χ1) is 17.4. The molecule has 8 heteroatoms. The van der Waals surface area contributed by atoms with Gasteiger partial charge >= 0.3 is 0 Å². The summed E-state index contributed by atoms with van der Waals surface area (Å²) < 4.78 is 17.2. The van der Waals surface area contributed by atoms with Gasteiger partial charge in [0.05, 0.1) is 33.3 Å². The number of carbonyl (C=O) groups is 2. The second-order valence-electron chi connectivity index (χ2n) is 8.61. The van der Waals surface area contributed by atoms with Crippen molar-refractivity contribution in [1.29, 1.82) is 0 Å². The molecule has 2 atom stereocenters. The molecule has 1 saturated heterocycles. The lowest BCUT2D eigenvalue weighted by atomic mass is 9.83. The molecule has 0 bridgehead atoms. The minimum absolute atomic E-state index is 0.0520. The Morgan fingerprint density at radius 1 is 0.944 bits per heavy atom. The molecule has 36 heavy (non-hydrogen) atoms. The van der Waals surface area contributed by atoms with Crippen LogP contribution in [0.3, 0.4) is 0 Å². The number of benzene rings is 3. The number of nitrogens with one attached hydrogen (secondary N) is 1. The summed E-state index contributed by atoms with van der Waals surface area (Å²) in [6, 6.07) is 18.0. The minimum atomic E-state index is -0.546. The fraction of sp³-hybridized carbons (Fsp3) is 0.286. The predicted molar refractivity (Wildman–Crippen MR) is 143 cm³/mol. The van der Waals surface area contributed by atoms with Crippen LogP contribution in [0.15, 0.2) is 65.1 Å². The van der Waals surface area contributed by atoms with Crippen molar-refractivity contribution in [2.45, 2.75) is 25.8 Å². The van der Waals surface area contributed by atoms with Gasteiger partial charge in [0.2, 0.25) is 11.8 Å². The van der Waals surface area contributed by atoms with Gasteiger partial charge in [-0.2, -0.15) is 0 Å². The molecular formula is C28H29BrN2O5. The van der Waals surface area contributed by atoms with E-state index in [4.69, 9.17) is 14.2 Å². The van der Waals surface area contributed by atoms with Gasteiger partial charge in [-0.05, 0) is 79.1 Å². The smallest absolute Gasteiger partial charge is 0.229 e. The van der Waals surface area contributed by atoms with Crippen LogP contribution in [-0.2, 0) is 9.59 Å². The number of aryl methyl sites for hydroxylation is 1. The van der Waals surface area contributed by atoms with Crippen LogP contribution in [0, 0.1) is 12.8 Å². The standard InChI is InChI=1S/C28H29BrN2O5/c1-17-15-19(29)6-12-23(17)30-28(33)22-11-14-26(32)31(20-7-9-21(34-2)10-8-20)27(22)18-5-13-24(35-3)25(16-18)36-4/h5-10,12-13,15-16,22,27H,11,14H2,1-4H3,(H,30,33)/t22-,27-/m0/s1. The van der Waals surface area contributed by atoms with Gasteiger partial charge in [0, 0.05) is 22.3 Å². The molecule has 0 aromatic heterocycles. The van der Waals surface area contributed by atoms with E-state index in [9.17, 15) is 9.59 Å². The zero-order chi connectivity index (χ0) is 25.8. The molecule has 3 aromatic rings. The van der Waals surface area contributed by atoms with Crippen molar-refractivity contribution >= 4 is 39.1 Å². The summed E-state index contributed by atoms with van der Waals surface area (Å²) >= 11 is 3.47. The number of piperidine rings is 1. The average molecular weight is 553 g/mol. The summed E-state index contributed by atoms with van der Waals surface area (Å²) in [5.41, 5.74) is 3.16. The number of carbonyl (C=O) groups excluding carboxylic acids is 2. The molecule has 1 aliphatic rings. The van der Waals surface area contributed by atoms with Crippen LogP contribution >= 0.6 is 15.9 Å². The maximum absolute atomic E-state index is 13.7. The van der Waals surface area contributed by atoms with Crippen LogP contribution in [0.25, 0.3) is 0 Å². The highest BCUT2D eigenvalue weighted by atomic mass is 79.9. The van der Waals surface area contributed by atoms with E-state index in [1.165, 1.54) is 0 Å². The van der Waals surface area contributed by atoms with Gasteiger partial charge in [-0.1, -0.05) is 22.0 Å². The van der Waals surface area contributed by atoms with E-state index in [0.717, 1.165) is 21.3 Å². The largest absolute Gasteiger partial charge is 0.497 e. The van der Waals surface area contributed by atoms with Crippen LogP contribution in [-0.4, -0.2) is 33.1 Å². The van der Waals surface area contributed by atoms with E-state index in [0.29, 0.717) is 29.4 Å². The lowest BCUT2D eigenvalue weighted by Crippen LogP contribution is -2.47. The Balaban J connectivity index is 1.78. The molecule has 1 aliphatic heterocycles. The van der Waals surface area contributed by atoms with Gasteiger partial charge in [-0.3, -0.25) is 9.59 Å². The third kappa shape index (κ3) is 5.18. The van der Waals surface area contributed by atoms with Crippen molar-refractivity contribution in [3.05, 3.63) is 76.3 Å². The number of amides is 2. The summed E-state index contributed by atoms with van der Waals surface area (Å²) in [5, 5.41) is 3.09. The van der Waals surface area contributed by atoms with Crippen LogP contribution in [0.1, 0.15) is 30.0 Å². The van der Waals surface area contributed by atoms with Gasteiger partial charge in [0.15, 0.2) is 11.5 Å². The number of hydrogen-bond donors (Lipinski definition) is 1. The minimum Gasteiger partial charge on any atom is -0.497 e. The van der Waals surface area contributed by atoms with Crippen LogP contribution in [0.5, 0.6) is 17.2 Å². The maximum atomic E-state index is 13.7. The highest BCUT2D eigenvalue weighted by Gasteiger charge is 2.42. The zero-order valence-corrected chi connectivity index (χ0v) is 22.3. The number of halogens is 1. The van der Waals surface area contributed by atoms with Gasteiger partial charge < -0.3 is 24.4 Å². The van der Waals surface area contributed by atoms with Crippen LogP contribution < -0.4 is 24.4 Å². The number of nitrogens with zero attached hydrogens (tertiary/aromatic N) is 1. The molecule has 7 nitrogen and oxygen atoms in total. The monoisotopic (exact) mass is 552 g/mol. The first kappa shape index (κ1) is 25.6. The summed E-state index contributed by atoms with van der Waals surface area (Å²) in [4.78, 5) is 28.8. The SMILES string of the molecule is COc1ccc(N2C(=O)CC[C@H](C(=O)Nc3ccc(Br)cc3C)[C@@H]2c2ccc(OC)c(OC)c2)cc1. The first-order valence-corrected chi connectivity index (χ1v) is 12.4. The topological polar surface area (TPSA) is 77.1 Å². The quantitative estimate of drug-likeness (QED) is 0.394. The van der Waals surface area contributed by atoms with E-state index in [2.05, 4.69) is 21.2 Å². The van der Waals surface area contributed by atoms with Crippen molar-refractivity contribution in [3.8, 4) is 17.2 Å². The zero-order valence-electron chi connectivity index (χ0n) is 20.7. The fourth-order valence-electron chi connectivity index (χ4n) is 4.63. The highest BCUT2D eigenvalue weighted by molar-refractivity contribution is 9.10. The van der Waals surface area contributed by atoms with E-state index in [1.54, 1.807) is 32.3 Å². The average Bonchev–Trinajstić information content (AvgIpc) is 2.89. The summed E-state index contributed by atoms with van der Waals surface area (Å²) in [6.07, 6.45) is 0.680. The van der Waals surface area contributed by atoms with E-state index in [-0.39, 0.29) is 18.2 Å². The molecule has 1 N–H and O–H groups in total. The normalized spacial score (nSPS) is 17.5. The summed E-state index contributed by atoms with van der Waals surface area (Å²) in [5.74, 6) is 1.10. The molecule has 0 radical (unpaired) electrons. The Kier molecular flexibility index (Phi) is 7.84. The molecule has 3 aromatic carbocycles.